The van der Waals surface area contributed by atoms with Crippen LogP contribution in [0.2, 0.25) is 0 Å². The molecule has 0 unspecified atom stereocenters. The van der Waals surface area contributed by atoms with Crippen LogP contribution < -0.4 is 10.6 Å². The molecule has 1 saturated heterocycles. The minimum absolute atomic E-state index is 0.0166. The second kappa shape index (κ2) is 7.31. The highest BCUT2D eigenvalue weighted by molar-refractivity contribution is 6.09. The van der Waals surface area contributed by atoms with Gasteiger partial charge >= 0.3 is 6.03 Å². The molecule has 29 heavy (non-hydrogen) atoms. The highest BCUT2D eigenvalue weighted by atomic mass is 19.1. The number of hydrogen-bond donors (Lipinski definition) is 2. The lowest BCUT2D eigenvalue weighted by atomic mass is 9.89. The third-order valence-corrected chi connectivity index (χ3v) is 5.69. The molecule has 6 nitrogen and oxygen atoms in total. The third-order valence-electron chi connectivity index (χ3n) is 5.69. The number of fused-ring (bicyclic) bond motifs is 1. The zero-order valence-electron chi connectivity index (χ0n) is 16.1. The van der Waals surface area contributed by atoms with Crippen molar-refractivity contribution in [2.45, 2.75) is 38.3 Å². The van der Waals surface area contributed by atoms with Crippen LogP contribution in [0.5, 0.6) is 0 Å². The number of aryl methyl sites for hydroxylation is 2. The Balaban J connectivity index is 1.45. The predicted molar refractivity (Wildman–Crippen MR) is 104 cm³/mol. The van der Waals surface area contributed by atoms with E-state index in [4.69, 9.17) is 0 Å². The van der Waals surface area contributed by atoms with E-state index < -0.39 is 35.7 Å². The fourth-order valence-electron chi connectivity index (χ4n) is 3.95. The van der Waals surface area contributed by atoms with Crippen LogP contribution in [0.1, 0.15) is 35.6 Å². The maximum absolute atomic E-state index is 13.7. The van der Waals surface area contributed by atoms with E-state index in [-0.39, 0.29) is 6.54 Å². The van der Waals surface area contributed by atoms with Gasteiger partial charge in [0.05, 0.1) is 0 Å². The van der Waals surface area contributed by atoms with Crippen LogP contribution in [0.25, 0.3) is 0 Å². The molecule has 2 aliphatic rings. The Bertz CT molecular complexity index is 1010. The smallest absolute Gasteiger partial charge is 0.325 e. The Hall–Kier alpha value is -3.22. The van der Waals surface area contributed by atoms with Gasteiger partial charge in [-0.25, -0.2) is 9.18 Å². The molecule has 0 aromatic heterocycles. The summed E-state index contributed by atoms with van der Waals surface area (Å²) in [5, 5.41) is 5.28. The van der Waals surface area contributed by atoms with Crippen molar-refractivity contribution in [1.82, 2.24) is 15.5 Å². The maximum Gasteiger partial charge on any atom is 0.325 e. The number of carbonyl (C=O) groups excluding carboxylic acids is 3. The molecule has 1 aliphatic heterocycles. The van der Waals surface area contributed by atoms with Crippen LogP contribution in [0.3, 0.4) is 0 Å². The molecule has 2 aromatic rings. The Morgan fingerprint density at radius 1 is 1.17 bits per heavy atom. The Labute approximate surface area is 168 Å². The van der Waals surface area contributed by atoms with E-state index in [1.165, 1.54) is 17.2 Å². The lowest BCUT2D eigenvalue weighted by molar-refractivity contribution is -0.134. The molecule has 7 heteroatoms. The van der Waals surface area contributed by atoms with Crippen molar-refractivity contribution in [2.24, 2.45) is 0 Å². The van der Waals surface area contributed by atoms with Crippen molar-refractivity contribution < 1.29 is 18.8 Å². The van der Waals surface area contributed by atoms with Crippen molar-refractivity contribution >= 4 is 17.8 Å². The molecule has 1 aliphatic carbocycles. The highest BCUT2D eigenvalue weighted by Crippen LogP contribution is 2.32. The molecule has 2 aromatic carbocycles. The fraction of sp³-hybridized carbons (Fsp3) is 0.318. The van der Waals surface area contributed by atoms with Gasteiger partial charge in [0.25, 0.3) is 5.91 Å². The van der Waals surface area contributed by atoms with Gasteiger partial charge in [0, 0.05) is 12.1 Å². The normalized spacial score (nSPS) is 20.6. The van der Waals surface area contributed by atoms with Gasteiger partial charge in [0.15, 0.2) is 0 Å². The second-order valence-corrected chi connectivity index (χ2v) is 7.65. The van der Waals surface area contributed by atoms with E-state index in [9.17, 15) is 18.8 Å². The molecule has 0 spiro atoms. The second-order valence-electron chi connectivity index (χ2n) is 7.65. The number of rotatable bonds is 5. The monoisotopic (exact) mass is 395 g/mol. The number of imide groups is 1. The summed E-state index contributed by atoms with van der Waals surface area (Å²) in [4.78, 5) is 38.6. The number of hydrogen-bond acceptors (Lipinski definition) is 3. The molecule has 150 valence electrons. The summed E-state index contributed by atoms with van der Waals surface area (Å²) in [6.45, 7) is 1.22. The van der Waals surface area contributed by atoms with Crippen LogP contribution in [0, 0.1) is 5.82 Å². The zero-order chi connectivity index (χ0) is 20.6. The Morgan fingerprint density at radius 3 is 2.72 bits per heavy atom. The summed E-state index contributed by atoms with van der Waals surface area (Å²) in [6.07, 6.45) is 3.08. The van der Waals surface area contributed by atoms with E-state index in [1.54, 1.807) is 25.1 Å². The van der Waals surface area contributed by atoms with Gasteiger partial charge in [0.1, 0.15) is 17.9 Å². The molecular formula is C22H22FN3O3. The van der Waals surface area contributed by atoms with Crippen molar-refractivity contribution in [3.63, 3.8) is 0 Å². The zero-order valence-corrected chi connectivity index (χ0v) is 16.1. The molecular weight excluding hydrogens is 373 g/mol. The molecule has 0 saturated carbocycles. The minimum Gasteiger partial charge on any atom is -0.350 e. The molecule has 1 atom stereocenters. The molecule has 2 N–H and O–H groups in total. The van der Waals surface area contributed by atoms with Gasteiger partial charge in [-0.1, -0.05) is 36.4 Å². The number of urea groups is 1. The molecule has 0 bridgehead atoms. The molecule has 0 radical (unpaired) electrons. The van der Waals surface area contributed by atoms with Crippen LogP contribution in [0.4, 0.5) is 9.18 Å². The maximum atomic E-state index is 13.7. The first-order valence-corrected chi connectivity index (χ1v) is 9.65. The number of carbonyl (C=O) groups is 3. The summed E-state index contributed by atoms with van der Waals surface area (Å²) in [5.41, 5.74) is 2.32. The highest BCUT2D eigenvalue weighted by Gasteiger charge is 2.49. The average molecular weight is 395 g/mol. The van der Waals surface area contributed by atoms with Gasteiger partial charge in [0.2, 0.25) is 5.91 Å². The quantitative estimate of drug-likeness (QED) is 0.763. The predicted octanol–water partition coefficient (Wildman–Crippen LogP) is 2.40. The number of halogens is 1. The summed E-state index contributed by atoms with van der Waals surface area (Å²) < 4.78 is 13.7. The van der Waals surface area contributed by atoms with Gasteiger partial charge in [-0.15, -0.1) is 0 Å². The fourth-order valence-corrected chi connectivity index (χ4v) is 3.95. The van der Waals surface area contributed by atoms with E-state index in [1.807, 2.05) is 18.2 Å². The largest absolute Gasteiger partial charge is 0.350 e. The molecule has 4 amide bonds. The summed E-state index contributed by atoms with van der Waals surface area (Å²) in [5.74, 6) is -1.43. The van der Waals surface area contributed by atoms with Crippen LogP contribution >= 0.6 is 0 Å². The SMILES string of the molecule is C[C@]1(c2ccc3c(c2)CCC3)NC(=O)N(CC(=O)NCc2ccccc2F)C1=O. The summed E-state index contributed by atoms with van der Waals surface area (Å²) >= 11 is 0. The standard InChI is InChI=1S/C22H22FN3O3/c1-22(17-10-9-14-6-4-7-15(14)11-17)20(28)26(21(29)25-22)13-19(27)24-12-16-5-2-3-8-18(16)23/h2-3,5,8-11H,4,6-7,12-13H2,1H3,(H,24,27)(H,25,29)/t22-/m1/s1. The van der Waals surface area contributed by atoms with Crippen LogP contribution in [-0.4, -0.2) is 29.3 Å². The summed E-state index contributed by atoms with van der Waals surface area (Å²) in [6, 6.07) is 11.3. The lowest BCUT2D eigenvalue weighted by Gasteiger charge is -2.23. The van der Waals surface area contributed by atoms with E-state index in [0.29, 0.717) is 11.1 Å². The first kappa shape index (κ1) is 19.1. The number of nitrogens with one attached hydrogen (secondary N) is 2. The number of amides is 4. The molecule has 1 heterocycles. The van der Waals surface area contributed by atoms with Gasteiger partial charge in [-0.05, 0) is 48.9 Å². The van der Waals surface area contributed by atoms with Crippen LogP contribution in [-0.2, 0) is 34.5 Å². The van der Waals surface area contributed by atoms with Crippen molar-refractivity contribution in [3.8, 4) is 0 Å². The third kappa shape index (κ3) is 3.48. The van der Waals surface area contributed by atoms with Crippen molar-refractivity contribution in [1.29, 1.82) is 0 Å². The number of benzene rings is 2. The van der Waals surface area contributed by atoms with E-state index >= 15 is 0 Å². The Kier molecular flexibility index (Phi) is 4.82. The number of nitrogens with zero attached hydrogens (tertiary/aromatic N) is 1. The molecule has 1 fully saturated rings. The van der Waals surface area contributed by atoms with Gasteiger partial charge < -0.3 is 10.6 Å². The first-order chi connectivity index (χ1) is 13.9. The first-order valence-electron chi connectivity index (χ1n) is 9.65. The minimum atomic E-state index is -1.21. The van der Waals surface area contributed by atoms with Gasteiger partial charge in [-0.3, -0.25) is 14.5 Å². The molecule has 4 rings (SSSR count). The van der Waals surface area contributed by atoms with Crippen molar-refractivity contribution in [3.05, 3.63) is 70.5 Å². The van der Waals surface area contributed by atoms with Crippen molar-refractivity contribution in [2.75, 3.05) is 6.54 Å². The van der Waals surface area contributed by atoms with Gasteiger partial charge in [-0.2, -0.15) is 0 Å². The lowest BCUT2D eigenvalue weighted by Crippen LogP contribution is -2.43. The average Bonchev–Trinajstić information content (AvgIpc) is 3.26. The summed E-state index contributed by atoms with van der Waals surface area (Å²) in [7, 11) is 0. The van der Waals surface area contributed by atoms with Crippen LogP contribution in [0.15, 0.2) is 42.5 Å². The Morgan fingerprint density at radius 2 is 1.93 bits per heavy atom. The van der Waals surface area contributed by atoms with E-state index in [0.717, 1.165) is 24.2 Å². The topological polar surface area (TPSA) is 78.5 Å². The van der Waals surface area contributed by atoms with E-state index in [2.05, 4.69) is 10.6 Å².